The van der Waals surface area contributed by atoms with Crippen molar-refractivity contribution in [2.75, 3.05) is 26.7 Å². The van der Waals surface area contributed by atoms with Gasteiger partial charge >= 0.3 is 6.03 Å². The van der Waals surface area contributed by atoms with Crippen LogP contribution < -0.4 is 5.32 Å². The van der Waals surface area contributed by atoms with Crippen molar-refractivity contribution in [3.05, 3.63) is 119 Å². The molecule has 0 aliphatic carbocycles. The van der Waals surface area contributed by atoms with Crippen molar-refractivity contribution < 1.29 is 19.1 Å². The Bertz CT molecular complexity index is 1380. The molecule has 2 aliphatic rings. The summed E-state index contributed by atoms with van der Waals surface area (Å²) in [7, 11) is 1.74. The Morgan fingerprint density at radius 1 is 1.02 bits per heavy atom. The first-order valence-corrected chi connectivity index (χ1v) is 14.8. The molecular formula is C34H40FN5O3. The van der Waals surface area contributed by atoms with Crippen LogP contribution in [0.1, 0.15) is 42.9 Å². The molecule has 3 aromatic carbocycles. The van der Waals surface area contributed by atoms with Crippen molar-refractivity contribution in [1.82, 2.24) is 25.1 Å². The average Bonchev–Trinajstić information content (AvgIpc) is 3.03. The number of hydrogen-bond donors (Lipinski definition) is 2. The highest BCUT2D eigenvalue weighted by Crippen LogP contribution is 2.37. The Morgan fingerprint density at radius 3 is 2.19 bits per heavy atom. The zero-order valence-corrected chi connectivity index (χ0v) is 24.9. The van der Waals surface area contributed by atoms with Gasteiger partial charge in [0.15, 0.2) is 0 Å². The number of nitrogens with zero attached hydrogens (tertiary/aromatic N) is 4. The lowest BCUT2D eigenvalue weighted by molar-refractivity contribution is -0.178. The molecule has 0 radical (unpaired) electrons. The molecule has 0 bridgehead atoms. The number of carbonyl (C=O) groups excluding carboxylic acids is 2. The van der Waals surface area contributed by atoms with Gasteiger partial charge in [-0.1, -0.05) is 93.1 Å². The van der Waals surface area contributed by atoms with Crippen LogP contribution in [0.25, 0.3) is 0 Å². The number of hydrazine groups is 1. The summed E-state index contributed by atoms with van der Waals surface area (Å²) >= 11 is 0. The number of amides is 3. The van der Waals surface area contributed by atoms with E-state index in [1.165, 1.54) is 12.1 Å². The Balaban J connectivity index is 1.50. The van der Waals surface area contributed by atoms with Gasteiger partial charge in [0.25, 0.3) is 0 Å². The molecule has 43 heavy (non-hydrogen) atoms. The number of fused-ring (bicyclic) bond motifs is 1. The molecule has 1 unspecified atom stereocenters. The number of carbonyl (C=O) groups is 2. The van der Waals surface area contributed by atoms with Gasteiger partial charge in [0.2, 0.25) is 5.91 Å². The number of nitrogens with one attached hydrogen (secondary N) is 1. The van der Waals surface area contributed by atoms with Crippen LogP contribution in [-0.4, -0.2) is 75.8 Å². The predicted molar refractivity (Wildman–Crippen MR) is 164 cm³/mol. The van der Waals surface area contributed by atoms with Crippen molar-refractivity contribution >= 4 is 11.9 Å². The molecule has 3 atom stereocenters. The molecule has 3 amide bonds. The van der Waals surface area contributed by atoms with E-state index in [0.29, 0.717) is 18.8 Å². The van der Waals surface area contributed by atoms with Crippen molar-refractivity contribution in [1.29, 1.82) is 0 Å². The first kappa shape index (κ1) is 30.1. The van der Waals surface area contributed by atoms with E-state index >= 15 is 0 Å². The number of benzene rings is 3. The van der Waals surface area contributed by atoms with Crippen molar-refractivity contribution in [3.8, 4) is 0 Å². The number of hydrogen-bond acceptors (Lipinski definition) is 5. The van der Waals surface area contributed by atoms with Gasteiger partial charge < -0.3 is 20.2 Å². The van der Waals surface area contributed by atoms with Crippen LogP contribution in [0, 0.1) is 11.7 Å². The van der Waals surface area contributed by atoms with E-state index in [4.69, 9.17) is 0 Å². The molecule has 0 spiro atoms. The minimum Gasteiger partial charge on any atom is -0.514 e. The molecule has 3 aromatic rings. The molecule has 2 fully saturated rings. The number of halogens is 1. The molecule has 2 N–H and O–H groups in total. The van der Waals surface area contributed by atoms with Gasteiger partial charge in [0.1, 0.15) is 18.2 Å². The third-order valence-corrected chi connectivity index (χ3v) is 8.66. The van der Waals surface area contributed by atoms with E-state index in [2.05, 4.69) is 48.3 Å². The van der Waals surface area contributed by atoms with E-state index in [1.54, 1.807) is 34.1 Å². The second kappa shape index (κ2) is 13.3. The summed E-state index contributed by atoms with van der Waals surface area (Å²) in [4.78, 5) is 31.3. The Hall–Kier alpha value is -4.37. The van der Waals surface area contributed by atoms with Gasteiger partial charge in [0, 0.05) is 26.1 Å². The second-order valence-corrected chi connectivity index (χ2v) is 11.4. The largest absolute Gasteiger partial charge is 0.514 e. The summed E-state index contributed by atoms with van der Waals surface area (Å²) in [6.07, 6.45) is 1.32. The van der Waals surface area contributed by atoms with Gasteiger partial charge in [-0.3, -0.25) is 4.79 Å². The minimum absolute atomic E-state index is 0.0146. The van der Waals surface area contributed by atoms with Gasteiger partial charge in [0.05, 0.1) is 24.8 Å². The van der Waals surface area contributed by atoms with Gasteiger partial charge in [-0.15, -0.1) is 0 Å². The topological polar surface area (TPSA) is 79.4 Å². The smallest absolute Gasteiger partial charge is 0.334 e. The van der Waals surface area contributed by atoms with Crippen molar-refractivity contribution in [3.63, 3.8) is 0 Å². The normalized spacial score (nSPS) is 20.8. The van der Waals surface area contributed by atoms with E-state index in [1.807, 2.05) is 36.4 Å². The fraction of sp³-hybridized carbons (Fsp3) is 0.353. The fourth-order valence-corrected chi connectivity index (χ4v) is 6.28. The van der Waals surface area contributed by atoms with Crippen LogP contribution in [0.5, 0.6) is 0 Å². The van der Waals surface area contributed by atoms with E-state index < -0.39 is 12.2 Å². The summed E-state index contributed by atoms with van der Waals surface area (Å²) < 4.78 is 13.4. The highest BCUT2D eigenvalue weighted by molar-refractivity contribution is 5.83. The number of rotatable bonds is 8. The molecule has 8 nitrogen and oxygen atoms in total. The summed E-state index contributed by atoms with van der Waals surface area (Å²) in [5.74, 6) is -0.427. The Kier molecular flexibility index (Phi) is 9.31. The SMILES string of the molecule is CCC(C)[C@H]1/C(=C/O)N(CC(c2ccccc2)c2ccccc2)C[C@H]2N1C(=O)CN(C)N2C(=O)NCc1ccc(F)cc1. The van der Waals surface area contributed by atoms with E-state index in [9.17, 15) is 19.1 Å². The predicted octanol–water partition coefficient (Wildman–Crippen LogP) is 5.31. The molecule has 2 aliphatic heterocycles. The van der Waals surface area contributed by atoms with Crippen LogP contribution in [0.4, 0.5) is 9.18 Å². The molecular weight excluding hydrogens is 545 g/mol. The van der Waals surface area contributed by atoms with E-state index in [-0.39, 0.29) is 42.7 Å². The molecule has 9 heteroatoms. The zero-order valence-electron chi connectivity index (χ0n) is 24.9. The van der Waals surface area contributed by atoms with Crippen molar-refractivity contribution in [2.24, 2.45) is 5.92 Å². The highest BCUT2D eigenvalue weighted by Gasteiger charge is 2.50. The van der Waals surface area contributed by atoms with Crippen molar-refractivity contribution in [2.45, 2.75) is 44.9 Å². The van der Waals surface area contributed by atoms with Gasteiger partial charge in [-0.25, -0.2) is 19.2 Å². The van der Waals surface area contributed by atoms with Crippen LogP contribution in [0.3, 0.4) is 0 Å². The molecule has 0 aromatic heterocycles. The summed E-state index contributed by atoms with van der Waals surface area (Å²) in [5.41, 5.74) is 3.72. The number of urea groups is 1. The number of aliphatic hydroxyl groups is 1. The molecule has 2 saturated heterocycles. The van der Waals surface area contributed by atoms with Crippen LogP contribution >= 0.6 is 0 Å². The first-order valence-electron chi connectivity index (χ1n) is 14.8. The maximum atomic E-state index is 13.8. The van der Waals surface area contributed by atoms with Crippen LogP contribution in [-0.2, 0) is 11.3 Å². The zero-order chi connectivity index (χ0) is 30.5. The number of aliphatic hydroxyl groups excluding tert-OH is 1. The van der Waals surface area contributed by atoms with Crippen LogP contribution in [0.2, 0.25) is 0 Å². The van der Waals surface area contributed by atoms with E-state index in [0.717, 1.165) is 29.4 Å². The molecule has 0 saturated carbocycles. The first-order chi connectivity index (χ1) is 20.8. The third-order valence-electron chi connectivity index (χ3n) is 8.66. The fourth-order valence-electron chi connectivity index (χ4n) is 6.28. The molecule has 2 heterocycles. The maximum Gasteiger partial charge on any atom is 0.334 e. The lowest BCUT2D eigenvalue weighted by Crippen LogP contribution is -2.75. The Labute approximate surface area is 253 Å². The number of likely N-dealkylation sites (N-methyl/N-ethyl adjacent to an activating group) is 1. The second-order valence-electron chi connectivity index (χ2n) is 11.4. The standard InChI is InChI=1S/C34H40FN5O3/c1-4-24(2)33-30(23-41)38(20-29(26-11-7-5-8-12-26)27-13-9-6-10-14-27)21-31-39(33)32(42)22-37(3)40(31)34(43)36-19-25-15-17-28(35)18-16-25/h5-18,23-24,29,31,33,41H,4,19-22H2,1-3H3,(H,36,43)/b30-23-/t24?,31-,33-/m0/s1. The molecule has 226 valence electrons. The van der Waals surface area contributed by atoms with Gasteiger partial charge in [-0.05, 0) is 34.7 Å². The highest BCUT2D eigenvalue weighted by atomic mass is 19.1. The lowest BCUT2D eigenvalue weighted by Gasteiger charge is -2.57. The summed E-state index contributed by atoms with van der Waals surface area (Å²) in [6, 6.07) is 25.7. The quantitative estimate of drug-likeness (QED) is 0.350. The summed E-state index contributed by atoms with van der Waals surface area (Å²) in [5, 5.41) is 16.9. The maximum absolute atomic E-state index is 13.8. The third kappa shape index (κ3) is 6.37. The summed E-state index contributed by atoms with van der Waals surface area (Å²) in [6.45, 7) is 5.25. The number of piperazine rings is 1. The monoisotopic (exact) mass is 585 g/mol. The lowest BCUT2D eigenvalue weighted by atomic mass is 9.87. The van der Waals surface area contributed by atoms with Crippen LogP contribution in [0.15, 0.2) is 96.9 Å². The molecule has 5 rings (SSSR count). The Morgan fingerprint density at radius 2 is 1.63 bits per heavy atom. The average molecular weight is 586 g/mol. The minimum atomic E-state index is -0.602. The van der Waals surface area contributed by atoms with Gasteiger partial charge in [-0.2, -0.15) is 0 Å².